The molecule has 1 heterocycles. The van der Waals surface area contributed by atoms with Crippen molar-refractivity contribution in [2.75, 3.05) is 25.6 Å². The lowest BCUT2D eigenvalue weighted by molar-refractivity contribution is -0.148. The van der Waals surface area contributed by atoms with Gasteiger partial charge in [0.05, 0.1) is 24.1 Å². The van der Waals surface area contributed by atoms with Gasteiger partial charge in [-0.2, -0.15) is 5.10 Å². The highest BCUT2D eigenvalue weighted by atomic mass is 16.5. The van der Waals surface area contributed by atoms with Gasteiger partial charge in [-0.1, -0.05) is 11.1 Å². The van der Waals surface area contributed by atoms with E-state index in [1.54, 1.807) is 18.0 Å². The molecule has 2 aliphatic carbocycles. The number of rotatable bonds is 8. The molecule has 3 rings (SSSR count). The number of nitrogens with zero attached hydrogens (tertiary/aromatic N) is 2. The van der Waals surface area contributed by atoms with Crippen molar-refractivity contribution in [3.05, 3.63) is 23.0 Å². The van der Waals surface area contributed by atoms with E-state index in [0.717, 1.165) is 24.0 Å². The lowest BCUT2D eigenvalue weighted by atomic mass is 9.78. The minimum Gasteiger partial charge on any atom is -0.481 e. The van der Waals surface area contributed by atoms with Gasteiger partial charge in [0, 0.05) is 26.4 Å². The van der Waals surface area contributed by atoms with Crippen LogP contribution in [0.1, 0.15) is 44.1 Å². The van der Waals surface area contributed by atoms with Crippen molar-refractivity contribution in [1.29, 1.82) is 0 Å². The van der Waals surface area contributed by atoms with Crippen LogP contribution in [0.4, 0.5) is 5.69 Å². The number of anilines is 1. The fourth-order valence-corrected chi connectivity index (χ4v) is 5.01. The summed E-state index contributed by atoms with van der Waals surface area (Å²) in [5.74, 6) is -3.28. The van der Waals surface area contributed by atoms with E-state index in [1.165, 1.54) is 0 Å². The summed E-state index contributed by atoms with van der Waals surface area (Å²) in [5.41, 5.74) is 2.62. The van der Waals surface area contributed by atoms with Gasteiger partial charge in [0.15, 0.2) is 5.69 Å². The number of carbonyl (C=O) groups is 3. The minimum atomic E-state index is -0.942. The average molecular weight is 418 g/mol. The first-order valence-corrected chi connectivity index (χ1v) is 10.4. The molecule has 2 fully saturated rings. The number of hydrogen-bond acceptors (Lipinski definition) is 5. The monoisotopic (exact) mass is 418 g/mol. The van der Waals surface area contributed by atoms with Crippen LogP contribution in [0.3, 0.4) is 0 Å². The van der Waals surface area contributed by atoms with Crippen molar-refractivity contribution >= 4 is 23.5 Å². The first-order valence-electron chi connectivity index (χ1n) is 10.4. The number of methoxy groups -OCH3 is 1. The van der Waals surface area contributed by atoms with Gasteiger partial charge in [0.1, 0.15) is 0 Å². The fraction of sp³-hybridized carbons (Fsp3) is 0.619. The van der Waals surface area contributed by atoms with E-state index in [1.807, 2.05) is 20.8 Å². The van der Waals surface area contributed by atoms with Gasteiger partial charge in [-0.15, -0.1) is 0 Å². The van der Waals surface area contributed by atoms with Crippen molar-refractivity contribution in [1.82, 2.24) is 15.1 Å². The number of carboxylic acids is 1. The molecule has 164 valence electrons. The van der Waals surface area contributed by atoms with E-state index in [2.05, 4.69) is 15.7 Å². The van der Waals surface area contributed by atoms with Crippen LogP contribution in [-0.2, 0) is 20.9 Å². The molecule has 0 radical (unpaired) electrons. The molecule has 0 aromatic carbocycles. The molecule has 9 nitrogen and oxygen atoms in total. The van der Waals surface area contributed by atoms with Gasteiger partial charge in [-0.05, 0) is 45.4 Å². The largest absolute Gasteiger partial charge is 0.481 e. The number of ether oxygens (including phenoxy) is 1. The maximum absolute atomic E-state index is 13.2. The second kappa shape index (κ2) is 8.99. The van der Waals surface area contributed by atoms with E-state index in [4.69, 9.17) is 4.74 Å². The maximum Gasteiger partial charge on any atom is 0.307 e. The molecule has 4 atom stereocenters. The quantitative estimate of drug-likeness (QED) is 0.438. The number of aromatic nitrogens is 2. The Morgan fingerprint density at radius 2 is 1.90 bits per heavy atom. The molecule has 1 aromatic heterocycles. The molecule has 0 aliphatic heterocycles. The molecule has 30 heavy (non-hydrogen) atoms. The van der Waals surface area contributed by atoms with Crippen LogP contribution in [0.2, 0.25) is 0 Å². The zero-order valence-corrected chi connectivity index (χ0v) is 17.9. The standard InChI is InChI=1S/C21H30N4O5/c1-5-25-10-14(18(24-25)20(27)22-8-9-30-4)23-19(26)16-12-6-7-13(15(12)11(2)3)17(16)21(28)29/h10,12-13,16-17H,5-9H2,1-4H3,(H,22,27)(H,23,26)(H,28,29)/t12-,13-,16-,17+/m0/s1. The van der Waals surface area contributed by atoms with E-state index in [9.17, 15) is 19.5 Å². The summed E-state index contributed by atoms with van der Waals surface area (Å²) in [5, 5.41) is 19.6. The van der Waals surface area contributed by atoms with E-state index < -0.39 is 23.7 Å². The Balaban J connectivity index is 1.85. The molecule has 2 saturated carbocycles. The number of carbonyl (C=O) groups excluding carboxylic acids is 2. The second-order valence-corrected chi connectivity index (χ2v) is 8.12. The zero-order valence-electron chi connectivity index (χ0n) is 17.9. The van der Waals surface area contributed by atoms with Crippen LogP contribution in [0.15, 0.2) is 17.3 Å². The smallest absolute Gasteiger partial charge is 0.307 e. The Kier molecular flexibility index (Phi) is 6.60. The summed E-state index contributed by atoms with van der Waals surface area (Å²) in [7, 11) is 1.54. The average Bonchev–Trinajstić information content (AvgIpc) is 3.38. The Morgan fingerprint density at radius 1 is 1.23 bits per heavy atom. The number of carboxylic acid groups (broad SMARTS) is 1. The summed E-state index contributed by atoms with van der Waals surface area (Å²) >= 11 is 0. The van der Waals surface area contributed by atoms with Crippen molar-refractivity contribution in [3.8, 4) is 0 Å². The molecule has 9 heteroatoms. The van der Waals surface area contributed by atoms with Gasteiger partial charge < -0.3 is 20.5 Å². The van der Waals surface area contributed by atoms with Crippen molar-refractivity contribution in [3.63, 3.8) is 0 Å². The van der Waals surface area contributed by atoms with Crippen LogP contribution in [-0.4, -0.2) is 52.9 Å². The van der Waals surface area contributed by atoms with Gasteiger partial charge in [-0.3, -0.25) is 19.1 Å². The summed E-state index contributed by atoms with van der Waals surface area (Å²) < 4.78 is 6.51. The normalized spacial score (nSPS) is 24.7. The first-order chi connectivity index (χ1) is 14.3. The minimum absolute atomic E-state index is 0.0682. The van der Waals surface area contributed by atoms with Crippen LogP contribution >= 0.6 is 0 Å². The van der Waals surface area contributed by atoms with Gasteiger partial charge in [-0.25, -0.2) is 0 Å². The second-order valence-electron chi connectivity index (χ2n) is 8.12. The summed E-state index contributed by atoms with van der Waals surface area (Å²) in [6.45, 7) is 7.05. The predicted octanol–water partition coefficient (Wildman–Crippen LogP) is 1.91. The van der Waals surface area contributed by atoms with Crippen molar-refractivity contribution < 1.29 is 24.2 Å². The zero-order chi connectivity index (χ0) is 22.0. The number of aryl methyl sites for hydroxylation is 1. The maximum atomic E-state index is 13.2. The number of aliphatic carboxylic acids is 1. The van der Waals surface area contributed by atoms with Gasteiger partial charge >= 0.3 is 5.97 Å². The summed E-state index contributed by atoms with van der Waals surface area (Å²) in [6, 6.07) is 0. The predicted molar refractivity (Wildman–Crippen MR) is 110 cm³/mol. The van der Waals surface area contributed by atoms with Gasteiger partial charge in [0.25, 0.3) is 5.91 Å². The molecule has 3 N–H and O–H groups in total. The van der Waals surface area contributed by atoms with Crippen LogP contribution in [0.25, 0.3) is 0 Å². The number of fused-ring (bicyclic) bond motifs is 2. The van der Waals surface area contributed by atoms with E-state index in [0.29, 0.717) is 25.4 Å². The molecule has 2 aliphatic rings. The van der Waals surface area contributed by atoms with Gasteiger partial charge in [0.2, 0.25) is 5.91 Å². The molecule has 2 amide bonds. The summed E-state index contributed by atoms with van der Waals surface area (Å²) in [4.78, 5) is 37.8. The summed E-state index contributed by atoms with van der Waals surface area (Å²) in [6.07, 6.45) is 3.21. The molecular formula is C21H30N4O5. The third kappa shape index (κ3) is 3.98. The SMILES string of the molecule is CCn1cc(NC(=O)[C@@H]2[C@H](C(=O)O)[C@H]3CC[C@H]2C3=C(C)C)c(C(=O)NCCOC)n1. The van der Waals surface area contributed by atoms with E-state index >= 15 is 0 Å². The molecule has 0 spiro atoms. The van der Waals surface area contributed by atoms with Crippen molar-refractivity contribution in [2.45, 2.75) is 40.2 Å². The lowest BCUT2D eigenvalue weighted by Gasteiger charge is -2.26. The Labute approximate surface area is 175 Å². The number of hydrogen-bond donors (Lipinski definition) is 3. The van der Waals surface area contributed by atoms with E-state index in [-0.39, 0.29) is 23.4 Å². The van der Waals surface area contributed by atoms with Crippen LogP contribution < -0.4 is 10.6 Å². The number of allylic oxidation sites excluding steroid dienone is 2. The molecular weight excluding hydrogens is 388 g/mol. The molecule has 0 unspecified atom stereocenters. The van der Waals surface area contributed by atoms with Crippen LogP contribution in [0.5, 0.6) is 0 Å². The van der Waals surface area contributed by atoms with Crippen molar-refractivity contribution in [2.24, 2.45) is 23.7 Å². The third-order valence-electron chi connectivity index (χ3n) is 6.16. The fourth-order valence-electron chi connectivity index (χ4n) is 5.01. The highest BCUT2D eigenvalue weighted by molar-refractivity contribution is 6.03. The highest BCUT2D eigenvalue weighted by Crippen LogP contribution is 2.57. The Hall–Kier alpha value is -2.68. The Morgan fingerprint density at radius 3 is 2.47 bits per heavy atom. The molecule has 0 saturated heterocycles. The number of nitrogens with one attached hydrogen (secondary N) is 2. The first kappa shape index (κ1) is 22.0. The lowest BCUT2D eigenvalue weighted by Crippen LogP contribution is -2.38. The Bertz CT molecular complexity index is 871. The highest BCUT2D eigenvalue weighted by Gasteiger charge is 2.57. The topological polar surface area (TPSA) is 123 Å². The molecule has 1 aromatic rings. The third-order valence-corrected chi connectivity index (χ3v) is 6.16. The number of amides is 2. The van der Waals surface area contributed by atoms with Crippen LogP contribution in [0, 0.1) is 23.7 Å². The molecule has 2 bridgehead atoms.